The van der Waals surface area contributed by atoms with Gasteiger partial charge in [-0.1, -0.05) is 41.9 Å². The molecule has 0 aromatic heterocycles. The van der Waals surface area contributed by atoms with Gasteiger partial charge in [0.05, 0.1) is 0 Å². The highest BCUT2D eigenvalue weighted by molar-refractivity contribution is 7.87. The molecule has 0 unspecified atom stereocenters. The molecular weight excluding hydrogens is 522 g/mol. The van der Waals surface area contributed by atoms with E-state index in [0.717, 1.165) is 11.3 Å². The molecule has 0 spiro atoms. The van der Waals surface area contributed by atoms with Gasteiger partial charge in [-0.25, -0.2) is 5.48 Å². The average molecular weight is 554 g/mol. The van der Waals surface area contributed by atoms with Crippen LogP contribution in [0.1, 0.15) is 31.2 Å². The van der Waals surface area contributed by atoms with Crippen molar-refractivity contribution in [3.63, 3.8) is 0 Å². The molecule has 1 saturated heterocycles. The van der Waals surface area contributed by atoms with Crippen molar-refractivity contribution < 1.29 is 28.0 Å². The number of hydroxylamine groups is 1. The van der Waals surface area contributed by atoms with Gasteiger partial charge >= 0.3 is 5.97 Å². The predicted molar refractivity (Wildman–Crippen MR) is 139 cm³/mol. The number of rotatable bonds is 12. The topological polar surface area (TPSA) is 154 Å². The molecule has 2 aromatic carbocycles. The molecule has 2 aromatic rings. The Morgan fingerprint density at radius 2 is 1.68 bits per heavy atom. The summed E-state index contributed by atoms with van der Waals surface area (Å²) >= 11 is 5.93. The monoisotopic (exact) mass is 553 g/mol. The number of nitrogens with zero attached hydrogens (tertiary/aromatic N) is 2. The lowest BCUT2D eigenvalue weighted by Crippen LogP contribution is -2.67. The fourth-order valence-electron chi connectivity index (χ4n) is 3.93. The minimum absolute atomic E-state index is 0.0725. The number of unbranched alkanes of at least 4 members (excludes halogenated alkanes) is 1. The van der Waals surface area contributed by atoms with E-state index in [2.05, 4.69) is 4.72 Å². The third kappa shape index (κ3) is 8.38. The molecule has 1 fully saturated rings. The van der Waals surface area contributed by atoms with Gasteiger partial charge in [-0.2, -0.15) is 17.4 Å². The fraction of sp³-hybridized carbons (Fsp3) is 0.417. The first-order valence-corrected chi connectivity index (χ1v) is 13.7. The Balaban J connectivity index is 1.50. The maximum Gasteiger partial charge on any atom is 0.306 e. The van der Waals surface area contributed by atoms with E-state index in [1.54, 1.807) is 12.1 Å². The average Bonchev–Trinajstić information content (AvgIpc) is 2.90. The Morgan fingerprint density at radius 1 is 1.03 bits per heavy atom. The summed E-state index contributed by atoms with van der Waals surface area (Å²) in [5, 5.41) is 9.77. The Kier molecular flexibility index (Phi) is 10.3. The first kappa shape index (κ1) is 28.8. The van der Waals surface area contributed by atoms with Crippen molar-refractivity contribution >= 4 is 39.4 Å². The van der Waals surface area contributed by atoms with Crippen LogP contribution in [0.5, 0.6) is 0 Å². The van der Waals surface area contributed by atoms with E-state index in [1.165, 1.54) is 9.79 Å². The van der Waals surface area contributed by atoms with Crippen LogP contribution in [0.3, 0.4) is 0 Å². The van der Waals surface area contributed by atoms with Crippen molar-refractivity contribution in [2.45, 2.75) is 38.0 Å². The second-order valence-corrected chi connectivity index (χ2v) is 10.8. The molecule has 0 saturated carbocycles. The number of esters is 1. The Labute approximate surface area is 221 Å². The summed E-state index contributed by atoms with van der Waals surface area (Å²) in [6.07, 6.45) is 0.475. The van der Waals surface area contributed by atoms with Crippen LogP contribution in [-0.4, -0.2) is 61.6 Å². The van der Waals surface area contributed by atoms with Gasteiger partial charge in [0.2, 0.25) is 0 Å². The lowest BCUT2D eigenvalue weighted by molar-refractivity contribution is -0.145. The number of benzene rings is 2. The van der Waals surface area contributed by atoms with E-state index < -0.39 is 27.7 Å². The molecule has 11 nitrogen and oxygen atoms in total. The smallest absolute Gasteiger partial charge is 0.306 e. The number of nitrogens with one attached hydrogen (secondary N) is 2. The van der Waals surface area contributed by atoms with E-state index in [0.29, 0.717) is 24.5 Å². The van der Waals surface area contributed by atoms with Gasteiger partial charge in [-0.15, -0.1) is 0 Å². The van der Waals surface area contributed by atoms with Gasteiger partial charge in [0, 0.05) is 43.3 Å². The largest absolute Gasteiger partial charge is 0.461 e. The van der Waals surface area contributed by atoms with Gasteiger partial charge in [0.15, 0.2) is 5.66 Å². The number of halogens is 1. The summed E-state index contributed by atoms with van der Waals surface area (Å²) in [6.45, 7) is 1.34. The molecule has 0 radical (unpaired) electrons. The Hall–Kier alpha value is -2.74. The second-order valence-electron chi connectivity index (χ2n) is 8.74. The van der Waals surface area contributed by atoms with Crippen LogP contribution in [0.2, 0.25) is 5.02 Å². The third-order valence-corrected chi connectivity index (χ3v) is 7.95. The minimum Gasteiger partial charge on any atom is -0.461 e. The van der Waals surface area contributed by atoms with Crippen molar-refractivity contribution in [2.24, 2.45) is 5.73 Å². The summed E-state index contributed by atoms with van der Waals surface area (Å²) in [5.41, 5.74) is 7.21. The Morgan fingerprint density at radius 3 is 2.30 bits per heavy atom. The molecule has 0 aliphatic carbocycles. The molecule has 1 aliphatic heterocycles. The molecular formula is C24H32ClN5O6S. The maximum absolute atomic E-state index is 13.0. The predicted octanol–water partition coefficient (Wildman–Crippen LogP) is 1.76. The van der Waals surface area contributed by atoms with Crippen molar-refractivity contribution in [1.29, 1.82) is 0 Å². The zero-order valence-electron chi connectivity index (χ0n) is 20.3. The molecule has 37 heavy (non-hydrogen) atoms. The quantitative estimate of drug-likeness (QED) is 0.102. The van der Waals surface area contributed by atoms with E-state index in [9.17, 15) is 18.0 Å². The van der Waals surface area contributed by atoms with Gasteiger partial charge in [-0.05, 0) is 49.1 Å². The van der Waals surface area contributed by atoms with Gasteiger partial charge in [-0.3, -0.25) is 14.8 Å². The molecule has 3 rings (SSSR count). The van der Waals surface area contributed by atoms with Crippen LogP contribution in [0, 0.1) is 0 Å². The highest BCUT2D eigenvalue weighted by atomic mass is 35.5. The first-order valence-electron chi connectivity index (χ1n) is 11.9. The van der Waals surface area contributed by atoms with E-state index in [1.807, 2.05) is 47.4 Å². The van der Waals surface area contributed by atoms with Gasteiger partial charge in [0.25, 0.3) is 16.1 Å². The van der Waals surface area contributed by atoms with Crippen molar-refractivity contribution in [1.82, 2.24) is 14.5 Å². The number of hydrogen-bond donors (Lipinski definition) is 4. The van der Waals surface area contributed by atoms with E-state index in [4.69, 9.17) is 27.3 Å². The summed E-state index contributed by atoms with van der Waals surface area (Å²) in [5.74, 6) is -1.51. The van der Waals surface area contributed by atoms with Crippen LogP contribution in [0.4, 0.5) is 5.69 Å². The van der Waals surface area contributed by atoms with Crippen LogP contribution < -0.4 is 20.8 Å². The molecule has 1 aliphatic rings. The zero-order chi connectivity index (χ0) is 26.9. The molecule has 5 N–H and O–H groups in total. The van der Waals surface area contributed by atoms with Crippen molar-refractivity contribution in [2.75, 3.05) is 31.1 Å². The summed E-state index contributed by atoms with van der Waals surface area (Å²) < 4.78 is 34.7. The van der Waals surface area contributed by atoms with E-state index in [-0.39, 0.29) is 39.0 Å². The SMILES string of the molecule is N[C@](CCCCC(=O)OCc1ccccc1)(NS(=O)(=O)N1CCN(c2ccc(Cl)cc2)CC1)C(=O)NO. The minimum atomic E-state index is -4.15. The number of ether oxygens (including phenoxy) is 1. The third-order valence-electron chi connectivity index (χ3n) is 6.03. The highest BCUT2D eigenvalue weighted by Crippen LogP contribution is 2.21. The zero-order valence-corrected chi connectivity index (χ0v) is 21.9. The van der Waals surface area contributed by atoms with Crippen LogP contribution in [-0.2, 0) is 31.1 Å². The summed E-state index contributed by atoms with van der Waals surface area (Å²) in [4.78, 5) is 26.3. The van der Waals surface area contributed by atoms with Crippen LogP contribution >= 0.6 is 11.6 Å². The molecule has 0 bridgehead atoms. The standard InChI is InChI=1S/C24H32ClN5O6S/c25-20-9-11-21(12-10-20)29-14-16-30(17-15-29)37(34,35)28-24(26,23(32)27-33)13-5-4-8-22(31)36-18-19-6-2-1-3-7-19/h1-3,6-7,9-12,28,33H,4-5,8,13-18,26H2,(H,27,32)/t24-/m1/s1. The number of anilines is 1. The summed E-state index contributed by atoms with van der Waals surface area (Å²) in [7, 11) is -4.15. The fourth-order valence-corrected chi connectivity index (χ4v) is 5.48. The molecule has 13 heteroatoms. The van der Waals surface area contributed by atoms with Gasteiger partial charge < -0.3 is 15.4 Å². The second kappa shape index (κ2) is 13.2. The normalized spacial score (nSPS) is 16.1. The van der Waals surface area contributed by atoms with Crippen LogP contribution in [0.25, 0.3) is 0 Å². The number of amides is 1. The number of carbonyl (C=O) groups excluding carboxylic acids is 2. The summed E-state index contributed by atoms with van der Waals surface area (Å²) in [6, 6.07) is 16.5. The molecule has 1 atom stereocenters. The lowest BCUT2D eigenvalue weighted by atomic mass is 10.0. The first-order chi connectivity index (χ1) is 17.6. The highest BCUT2D eigenvalue weighted by Gasteiger charge is 2.40. The number of piperazine rings is 1. The Bertz CT molecular complexity index is 1140. The number of hydrogen-bond acceptors (Lipinski definition) is 8. The maximum atomic E-state index is 13.0. The number of carbonyl (C=O) groups is 2. The number of nitrogens with two attached hydrogens (primary N) is 1. The lowest BCUT2D eigenvalue weighted by Gasteiger charge is -2.37. The van der Waals surface area contributed by atoms with Crippen molar-refractivity contribution in [3.8, 4) is 0 Å². The molecule has 1 heterocycles. The van der Waals surface area contributed by atoms with Crippen molar-refractivity contribution in [3.05, 3.63) is 65.2 Å². The van der Waals surface area contributed by atoms with E-state index >= 15 is 0 Å². The molecule has 202 valence electrons. The van der Waals surface area contributed by atoms with Gasteiger partial charge in [0.1, 0.15) is 6.61 Å². The molecule has 1 amide bonds. The van der Waals surface area contributed by atoms with Crippen LogP contribution in [0.15, 0.2) is 54.6 Å².